The smallest absolute Gasteiger partial charge is 0.261 e. The van der Waals surface area contributed by atoms with E-state index >= 15 is 0 Å². The van der Waals surface area contributed by atoms with Gasteiger partial charge in [0.2, 0.25) is 0 Å². The quantitative estimate of drug-likeness (QED) is 0.829. The van der Waals surface area contributed by atoms with E-state index in [1.165, 1.54) is 17.0 Å². The first-order chi connectivity index (χ1) is 8.99. The summed E-state index contributed by atoms with van der Waals surface area (Å²) >= 11 is 5.74. The third-order valence-corrected chi connectivity index (χ3v) is 3.01. The Morgan fingerprint density at radius 1 is 1.21 bits per heavy atom. The van der Waals surface area contributed by atoms with Gasteiger partial charge in [-0.2, -0.15) is 0 Å². The molecule has 2 rings (SSSR count). The van der Waals surface area contributed by atoms with Gasteiger partial charge >= 0.3 is 0 Å². The van der Waals surface area contributed by atoms with Gasteiger partial charge in [0, 0.05) is 23.4 Å². The van der Waals surface area contributed by atoms with Gasteiger partial charge in [-0.25, -0.2) is 0 Å². The molecule has 2 aromatic rings. The summed E-state index contributed by atoms with van der Waals surface area (Å²) in [6, 6.07) is 11.3. The van der Waals surface area contributed by atoms with Crippen LogP contribution in [0.2, 0.25) is 5.02 Å². The first-order valence-corrected chi connectivity index (χ1v) is 5.99. The fourth-order valence-electron chi connectivity index (χ4n) is 1.68. The summed E-state index contributed by atoms with van der Waals surface area (Å²) in [5, 5.41) is 10.1. The van der Waals surface area contributed by atoms with Crippen LogP contribution in [0.3, 0.4) is 0 Å². The van der Waals surface area contributed by atoms with Crippen molar-refractivity contribution in [2.45, 2.75) is 0 Å². The maximum Gasteiger partial charge on any atom is 0.261 e. The molecule has 19 heavy (non-hydrogen) atoms. The number of amides is 1. The molecule has 0 saturated carbocycles. The van der Waals surface area contributed by atoms with Crippen LogP contribution in [0.15, 0.2) is 42.5 Å². The van der Waals surface area contributed by atoms with Gasteiger partial charge in [0.1, 0.15) is 5.75 Å². The number of halogens is 1. The van der Waals surface area contributed by atoms with E-state index < -0.39 is 0 Å². The molecule has 0 bridgehead atoms. The fraction of sp³-hybridized carbons (Fsp3) is 0.0714. The van der Waals surface area contributed by atoms with Crippen molar-refractivity contribution in [1.82, 2.24) is 0 Å². The summed E-state index contributed by atoms with van der Waals surface area (Å²) in [6.07, 6.45) is 0. The number of carbonyl (C=O) groups is 1. The molecule has 0 unspecified atom stereocenters. The minimum atomic E-state index is -0.320. The highest BCUT2D eigenvalue weighted by atomic mass is 35.5. The van der Waals surface area contributed by atoms with Gasteiger partial charge in [0.05, 0.1) is 5.56 Å². The SMILES string of the molecule is CN(C(=O)c1ccc(Cl)cc1O)c1ccc(N)cc1. The minimum absolute atomic E-state index is 0.139. The topological polar surface area (TPSA) is 66.6 Å². The van der Waals surface area contributed by atoms with Gasteiger partial charge in [-0.15, -0.1) is 0 Å². The number of carbonyl (C=O) groups excluding carboxylic acids is 1. The largest absolute Gasteiger partial charge is 0.507 e. The number of anilines is 2. The highest BCUT2D eigenvalue weighted by Gasteiger charge is 2.17. The molecule has 98 valence electrons. The minimum Gasteiger partial charge on any atom is -0.507 e. The van der Waals surface area contributed by atoms with Crippen LogP contribution in [-0.4, -0.2) is 18.1 Å². The summed E-state index contributed by atoms with van der Waals surface area (Å²) in [5.74, 6) is -0.460. The second-order valence-electron chi connectivity index (χ2n) is 4.12. The number of benzene rings is 2. The van der Waals surface area contributed by atoms with Crippen molar-refractivity contribution >= 4 is 28.9 Å². The zero-order chi connectivity index (χ0) is 14.0. The Hall–Kier alpha value is -2.20. The van der Waals surface area contributed by atoms with Crippen molar-refractivity contribution in [3.05, 3.63) is 53.1 Å². The number of phenols is 1. The molecule has 3 N–H and O–H groups in total. The van der Waals surface area contributed by atoms with Crippen LogP contribution in [0, 0.1) is 0 Å². The van der Waals surface area contributed by atoms with Crippen LogP contribution in [0.5, 0.6) is 5.75 Å². The zero-order valence-electron chi connectivity index (χ0n) is 10.3. The number of nitrogens with two attached hydrogens (primary N) is 1. The number of rotatable bonds is 2. The lowest BCUT2D eigenvalue weighted by atomic mass is 10.1. The maximum absolute atomic E-state index is 12.3. The molecule has 0 spiro atoms. The van der Waals surface area contributed by atoms with Crippen molar-refractivity contribution < 1.29 is 9.90 Å². The lowest BCUT2D eigenvalue weighted by Gasteiger charge is -2.18. The molecular weight excluding hydrogens is 264 g/mol. The van der Waals surface area contributed by atoms with E-state index in [1.54, 1.807) is 37.4 Å². The lowest BCUT2D eigenvalue weighted by molar-refractivity contribution is 0.0990. The Balaban J connectivity index is 2.30. The van der Waals surface area contributed by atoms with Crippen LogP contribution in [0.4, 0.5) is 11.4 Å². The van der Waals surface area contributed by atoms with Crippen LogP contribution in [-0.2, 0) is 0 Å². The van der Waals surface area contributed by atoms with Crippen LogP contribution in [0.1, 0.15) is 10.4 Å². The Bertz CT molecular complexity index is 611. The summed E-state index contributed by atoms with van der Waals surface area (Å²) in [6.45, 7) is 0. The number of nitrogens with zero attached hydrogens (tertiary/aromatic N) is 1. The van der Waals surface area contributed by atoms with Crippen LogP contribution < -0.4 is 10.6 Å². The Morgan fingerprint density at radius 2 is 1.84 bits per heavy atom. The van der Waals surface area contributed by atoms with Gasteiger partial charge in [0.15, 0.2) is 0 Å². The van der Waals surface area contributed by atoms with Crippen molar-refractivity contribution in [3.8, 4) is 5.75 Å². The number of nitrogen functional groups attached to an aromatic ring is 1. The summed E-state index contributed by atoms with van der Waals surface area (Å²) in [4.78, 5) is 13.7. The first-order valence-electron chi connectivity index (χ1n) is 5.61. The Labute approximate surface area is 116 Å². The average Bonchev–Trinajstić information content (AvgIpc) is 2.38. The molecule has 1 amide bonds. The monoisotopic (exact) mass is 276 g/mol. The predicted octanol–water partition coefficient (Wildman–Crippen LogP) is 2.90. The number of aromatic hydroxyl groups is 1. The Kier molecular flexibility index (Phi) is 3.62. The molecule has 0 saturated heterocycles. The summed E-state index contributed by atoms with van der Waals surface area (Å²) < 4.78 is 0. The number of hydrogen-bond acceptors (Lipinski definition) is 3. The van der Waals surface area contributed by atoms with E-state index in [2.05, 4.69) is 0 Å². The molecular formula is C14H13ClN2O2. The molecule has 0 atom stereocenters. The number of hydrogen-bond donors (Lipinski definition) is 2. The summed E-state index contributed by atoms with van der Waals surface area (Å²) in [7, 11) is 1.63. The van der Waals surface area contributed by atoms with Crippen molar-refractivity contribution in [2.75, 3.05) is 17.7 Å². The molecule has 2 aromatic carbocycles. The summed E-state index contributed by atoms with van der Waals surface area (Å²) in [5.41, 5.74) is 7.11. The second-order valence-corrected chi connectivity index (χ2v) is 4.55. The molecule has 4 nitrogen and oxygen atoms in total. The molecule has 0 fully saturated rings. The van der Waals surface area contributed by atoms with E-state index in [0.717, 1.165) is 0 Å². The third-order valence-electron chi connectivity index (χ3n) is 2.78. The van der Waals surface area contributed by atoms with E-state index in [1.807, 2.05) is 0 Å². The van der Waals surface area contributed by atoms with E-state index in [4.69, 9.17) is 17.3 Å². The lowest BCUT2D eigenvalue weighted by Crippen LogP contribution is -2.26. The van der Waals surface area contributed by atoms with Crippen molar-refractivity contribution in [3.63, 3.8) is 0 Å². The molecule has 0 heterocycles. The van der Waals surface area contributed by atoms with Crippen molar-refractivity contribution in [2.24, 2.45) is 0 Å². The van der Waals surface area contributed by atoms with Gasteiger partial charge in [0.25, 0.3) is 5.91 Å². The van der Waals surface area contributed by atoms with Gasteiger partial charge in [-0.05, 0) is 42.5 Å². The third kappa shape index (κ3) is 2.80. The molecule has 0 aliphatic heterocycles. The molecule has 0 aromatic heterocycles. The Morgan fingerprint density at radius 3 is 2.42 bits per heavy atom. The molecule has 0 aliphatic carbocycles. The zero-order valence-corrected chi connectivity index (χ0v) is 11.1. The van der Waals surface area contributed by atoms with E-state index in [0.29, 0.717) is 16.4 Å². The normalized spacial score (nSPS) is 10.2. The fourth-order valence-corrected chi connectivity index (χ4v) is 1.85. The van der Waals surface area contributed by atoms with Gasteiger partial charge in [-0.1, -0.05) is 11.6 Å². The second kappa shape index (κ2) is 5.20. The van der Waals surface area contributed by atoms with Gasteiger partial charge < -0.3 is 15.7 Å². The maximum atomic E-state index is 12.3. The van der Waals surface area contributed by atoms with Crippen molar-refractivity contribution in [1.29, 1.82) is 0 Å². The molecule has 0 aliphatic rings. The van der Waals surface area contributed by atoms with E-state index in [9.17, 15) is 9.90 Å². The standard InChI is InChI=1S/C14H13ClN2O2/c1-17(11-5-3-10(16)4-6-11)14(19)12-7-2-9(15)8-13(12)18/h2-8,18H,16H2,1H3. The molecule has 5 heteroatoms. The van der Waals surface area contributed by atoms with Crippen LogP contribution in [0.25, 0.3) is 0 Å². The van der Waals surface area contributed by atoms with Crippen LogP contribution >= 0.6 is 11.6 Å². The van der Waals surface area contributed by atoms with Gasteiger partial charge in [-0.3, -0.25) is 4.79 Å². The van der Waals surface area contributed by atoms with E-state index in [-0.39, 0.29) is 17.2 Å². The molecule has 0 radical (unpaired) electrons. The highest BCUT2D eigenvalue weighted by molar-refractivity contribution is 6.31. The first kappa shape index (κ1) is 13.2. The predicted molar refractivity (Wildman–Crippen MR) is 76.7 cm³/mol. The highest BCUT2D eigenvalue weighted by Crippen LogP contribution is 2.25. The average molecular weight is 277 g/mol. The number of phenolic OH excluding ortho intramolecular Hbond substituents is 1.